The van der Waals surface area contributed by atoms with E-state index in [1.165, 1.54) is 60.6 Å². The van der Waals surface area contributed by atoms with E-state index in [1.807, 2.05) is 30.3 Å². The number of rotatable bonds is 16. The zero-order valence-corrected chi connectivity index (χ0v) is 27.5. The maximum absolute atomic E-state index is 11.9. The van der Waals surface area contributed by atoms with Crippen molar-refractivity contribution in [2.75, 3.05) is 12.7 Å². The molecule has 0 saturated carbocycles. The highest BCUT2D eigenvalue weighted by Crippen LogP contribution is 2.56. The maximum atomic E-state index is 11.9. The number of unbranched alkanes of at least 4 members (excludes halogenated alkanes) is 7. The SMILES string of the molecule is NC(=NCCCCCCCCCC[P+](c1ccccc1)(c1ccccc1)c1ccccc1)/N=C(\N)NC(=O)OCc1ccccc1. The van der Waals surface area contributed by atoms with Crippen LogP contribution in [0.1, 0.15) is 56.9 Å². The number of carbonyl (C=O) groups is 1. The monoisotopic (exact) mass is 636 g/mol. The average molecular weight is 637 g/mol. The second-order valence-electron chi connectivity index (χ2n) is 11.3. The lowest BCUT2D eigenvalue weighted by atomic mass is 10.1. The van der Waals surface area contributed by atoms with Gasteiger partial charge in [0.25, 0.3) is 0 Å². The molecule has 0 aliphatic rings. The maximum Gasteiger partial charge on any atom is 0.414 e. The summed E-state index contributed by atoms with van der Waals surface area (Å²) in [6, 6.07) is 42.8. The molecule has 4 aromatic rings. The van der Waals surface area contributed by atoms with Crippen LogP contribution in [0.2, 0.25) is 0 Å². The number of aliphatic imine (C=N–C) groups is 2. The van der Waals surface area contributed by atoms with Crippen molar-refractivity contribution in [2.24, 2.45) is 21.5 Å². The molecule has 0 radical (unpaired) electrons. The van der Waals surface area contributed by atoms with Crippen molar-refractivity contribution in [1.82, 2.24) is 5.32 Å². The van der Waals surface area contributed by atoms with Crippen LogP contribution in [0.3, 0.4) is 0 Å². The van der Waals surface area contributed by atoms with Crippen molar-refractivity contribution in [3.63, 3.8) is 0 Å². The first-order valence-corrected chi connectivity index (χ1v) is 18.2. The summed E-state index contributed by atoms with van der Waals surface area (Å²) in [4.78, 5) is 20.1. The van der Waals surface area contributed by atoms with Crippen molar-refractivity contribution >= 4 is 41.2 Å². The second kappa shape index (κ2) is 19.1. The summed E-state index contributed by atoms with van der Waals surface area (Å²) in [5.74, 6) is -0.101. The lowest BCUT2D eigenvalue weighted by Gasteiger charge is -2.27. The van der Waals surface area contributed by atoms with Crippen molar-refractivity contribution in [2.45, 2.75) is 58.0 Å². The smallest absolute Gasteiger partial charge is 0.414 e. The van der Waals surface area contributed by atoms with Gasteiger partial charge in [-0.25, -0.2) is 4.79 Å². The predicted molar refractivity (Wildman–Crippen MR) is 195 cm³/mol. The lowest BCUT2D eigenvalue weighted by molar-refractivity contribution is 0.145. The molecular weight excluding hydrogens is 589 g/mol. The molecule has 0 bridgehead atoms. The molecule has 0 spiro atoms. The number of amides is 1. The summed E-state index contributed by atoms with van der Waals surface area (Å²) in [5, 5.41) is 6.74. The van der Waals surface area contributed by atoms with Gasteiger partial charge in [-0.05, 0) is 61.2 Å². The Morgan fingerprint density at radius 2 is 1.04 bits per heavy atom. The van der Waals surface area contributed by atoms with Crippen LogP contribution in [0, 0.1) is 0 Å². The Kier molecular flexibility index (Phi) is 14.3. The van der Waals surface area contributed by atoms with Crippen LogP contribution in [0.5, 0.6) is 0 Å². The number of alkyl carbamates (subject to hydrolysis) is 1. The molecule has 8 heteroatoms. The van der Waals surface area contributed by atoms with Gasteiger partial charge in [-0.1, -0.05) is 117 Å². The minimum absolute atomic E-state index is 0.0429. The summed E-state index contributed by atoms with van der Waals surface area (Å²) in [6.07, 6.45) is 9.84. The van der Waals surface area contributed by atoms with Crippen molar-refractivity contribution < 1.29 is 9.53 Å². The molecule has 0 unspecified atom stereocenters. The summed E-state index contributed by atoms with van der Waals surface area (Å²) >= 11 is 0. The van der Waals surface area contributed by atoms with Gasteiger partial charge in [0.1, 0.15) is 29.8 Å². The predicted octanol–water partition coefficient (Wildman–Crippen LogP) is 6.66. The third-order valence-electron chi connectivity index (χ3n) is 7.94. The van der Waals surface area contributed by atoms with E-state index in [4.69, 9.17) is 16.2 Å². The highest BCUT2D eigenvalue weighted by atomic mass is 31.2. The van der Waals surface area contributed by atoms with Gasteiger partial charge in [0.2, 0.25) is 11.9 Å². The number of hydrogen-bond acceptors (Lipinski definition) is 3. The van der Waals surface area contributed by atoms with Gasteiger partial charge in [-0.3, -0.25) is 10.3 Å². The van der Waals surface area contributed by atoms with Crippen LogP contribution in [0.15, 0.2) is 131 Å². The summed E-state index contributed by atoms with van der Waals surface area (Å²) in [7, 11) is -1.73. The van der Waals surface area contributed by atoms with Crippen LogP contribution in [-0.2, 0) is 11.3 Å². The van der Waals surface area contributed by atoms with E-state index in [1.54, 1.807) is 0 Å². The van der Waals surface area contributed by atoms with Crippen molar-refractivity contribution in [1.29, 1.82) is 0 Å². The van der Waals surface area contributed by atoms with Gasteiger partial charge >= 0.3 is 6.09 Å². The molecule has 7 nitrogen and oxygen atoms in total. The molecule has 5 N–H and O–H groups in total. The van der Waals surface area contributed by atoms with Gasteiger partial charge in [0.05, 0.1) is 6.16 Å². The average Bonchev–Trinajstić information content (AvgIpc) is 3.09. The van der Waals surface area contributed by atoms with Crippen molar-refractivity contribution in [3.8, 4) is 0 Å². The Morgan fingerprint density at radius 1 is 0.609 bits per heavy atom. The lowest BCUT2D eigenvalue weighted by Crippen LogP contribution is -2.38. The molecule has 4 aromatic carbocycles. The molecule has 4 rings (SSSR count). The Bertz CT molecular complexity index is 1400. The van der Waals surface area contributed by atoms with Crippen LogP contribution in [0.4, 0.5) is 4.79 Å². The first-order valence-electron chi connectivity index (χ1n) is 16.2. The highest BCUT2D eigenvalue weighted by molar-refractivity contribution is 7.95. The third-order valence-corrected chi connectivity index (χ3v) is 12.5. The number of nitrogens with one attached hydrogen (secondary N) is 1. The molecule has 0 fully saturated rings. The largest absolute Gasteiger partial charge is 0.444 e. The first kappa shape index (κ1) is 34.4. The minimum Gasteiger partial charge on any atom is -0.444 e. The van der Waals surface area contributed by atoms with Crippen LogP contribution >= 0.6 is 7.26 Å². The number of hydrogen-bond donors (Lipinski definition) is 3. The fourth-order valence-electron chi connectivity index (χ4n) is 5.65. The highest BCUT2D eigenvalue weighted by Gasteiger charge is 2.44. The van der Waals surface area contributed by atoms with Crippen LogP contribution < -0.4 is 32.7 Å². The van der Waals surface area contributed by atoms with E-state index in [0.29, 0.717) is 6.54 Å². The van der Waals surface area contributed by atoms with Crippen LogP contribution in [0.25, 0.3) is 0 Å². The molecule has 0 saturated heterocycles. The van der Waals surface area contributed by atoms with Gasteiger partial charge in [0.15, 0.2) is 0 Å². The third kappa shape index (κ3) is 10.8. The molecule has 0 heterocycles. The zero-order valence-electron chi connectivity index (χ0n) is 26.6. The van der Waals surface area contributed by atoms with Gasteiger partial charge in [-0.2, -0.15) is 4.99 Å². The standard InChI is InChI=1S/C38H46N5O2P/c39-36(42-37(40)43-38(44)45-31-32-21-11-7-12-22-32)41-29-19-5-3-1-2-4-6-20-30-46(33-23-13-8-14-24-33,34-25-15-9-16-26-34)35-27-17-10-18-28-35/h7-18,21-28H,1-6,19-20,29-31H2,(H4-,39,40,41,42,43,44)/p+1. The second-order valence-corrected chi connectivity index (χ2v) is 14.9. The van der Waals surface area contributed by atoms with E-state index in [0.717, 1.165) is 18.4 Å². The Labute approximate surface area is 274 Å². The quantitative estimate of drug-likeness (QED) is 0.0552. The number of ether oxygens (including phenoxy) is 1. The summed E-state index contributed by atoms with van der Waals surface area (Å²) < 4.78 is 5.13. The molecule has 46 heavy (non-hydrogen) atoms. The molecule has 0 aliphatic heterocycles. The van der Waals surface area contributed by atoms with E-state index in [-0.39, 0.29) is 18.5 Å². The Hall–Kier alpha value is -4.48. The number of benzene rings is 4. The molecule has 0 aliphatic carbocycles. The molecule has 240 valence electrons. The number of carbonyl (C=O) groups excluding carboxylic acids is 1. The molecular formula is C38H47N5O2P+. The number of guanidine groups is 2. The summed E-state index contributed by atoms with van der Waals surface area (Å²) in [5.41, 5.74) is 12.5. The van der Waals surface area contributed by atoms with Gasteiger partial charge < -0.3 is 16.2 Å². The topological polar surface area (TPSA) is 115 Å². The fraction of sp³-hybridized carbons (Fsp3) is 0.289. The van der Waals surface area contributed by atoms with Crippen molar-refractivity contribution in [3.05, 3.63) is 127 Å². The molecule has 1 amide bonds. The molecule has 0 atom stereocenters. The van der Waals surface area contributed by atoms with E-state index >= 15 is 0 Å². The normalized spacial score (nSPS) is 12.1. The van der Waals surface area contributed by atoms with E-state index in [2.05, 4.69) is 106 Å². The van der Waals surface area contributed by atoms with Gasteiger partial charge in [-0.15, -0.1) is 0 Å². The Balaban J connectivity index is 1.14. The van der Waals surface area contributed by atoms with Crippen LogP contribution in [-0.4, -0.2) is 30.7 Å². The van der Waals surface area contributed by atoms with E-state index in [9.17, 15) is 4.79 Å². The number of nitrogens with two attached hydrogens (primary N) is 2. The Morgan fingerprint density at radius 3 is 1.54 bits per heavy atom. The number of nitrogens with zero attached hydrogens (tertiary/aromatic N) is 2. The van der Waals surface area contributed by atoms with Gasteiger partial charge in [0, 0.05) is 6.54 Å². The zero-order chi connectivity index (χ0) is 32.3. The first-order chi connectivity index (χ1) is 22.6. The minimum atomic E-state index is -1.73. The fourth-order valence-corrected chi connectivity index (χ4v) is 10.1. The molecule has 0 aromatic heterocycles. The summed E-state index contributed by atoms with van der Waals surface area (Å²) in [6.45, 7) is 0.716. The van der Waals surface area contributed by atoms with E-state index < -0.39 is 13.4 Å².